The Labute approximate surface area is 205 Å². The number of quaternary nitrogens is 1. The van der Waals surface area contributed by atoms with Crippen molar-refractivity contribution in [3.63, 3.8) is 0 Å². The highest BCUT2D eigenvalue weighted by molar-refractivity contribution is 7.92. The van der Waals surface area contributed by atoms with Crippen LogP contribution in [0.4, 0.5) is 0 Å². The smallest absolute Gasteiger partial charge is 0.363 e. The maximum absolute atomic E-state index is 14.1. The van der Waals surface area contributed by atoms with Crippen LogP contribution in [0.2, 0.25) is 0 Å². The fourth-order valence-electron chi connectivity index (χ4n) is 4.56. The minimum absolute atomic E-state index is 0.0558. The monoisotopic (exact) mass is 493 g/mol. The molecule has 1 heterocycles. The molecule has 0 aliphatic carbocycles. The molecule has 7 nitrogen and oxygen atoms in total. The van der Waals surface area contributed by atoms with Crippen molar-refractivity contribution in [2.24, 2.45) is 5.73 Å². The molecule has 1 fully saturated rings. The molecule has 0 aromatic heterocycles. The number of aryl methyl sites for hydroxylation is 1. The summed E-state index contributed by atoms with van der Waals surface area (Å²) in [6, 6.07) is 24.0. The number of nitrogens with two attached hydrogens (primary N) is 1. The van der Waals surface area contributed by atoms with Gasteiger partial charge in [0.2, 0.25) is 9.84 Å². The molecule has 0 bridgehead atoms. The summed E-state index contributed by atoms with van der Waals surface area (Å²) in [5.41, 5.74) is 9.21. The van der Waals surface area contributed by atoms with Gasteiger partial charge < -0.3 is 5.73 Å². The molecule has 4 rings (SSSR count). The standard InChI is InChI=1S/C27H28N2O5S/c1-2-8-20-13-15-22(16-14-20)23-11-6-7-12-24(23)26(31)29(34-19-21-9-4-3-5-10-21)17-18-35(32,33)27(29)25(28)30/h3-7,9-16,27H,2,8,17-19H2,1H3,(H-,28,30)/p+1/t27?,29-/m0/s1. The SMILES string of the molecule is CCCc1ccc(-c2ccccc2C(=O)[N@@+]2(OCc3ccccc3)CCS(=O)(=O)C2C(N)=O)cc1. The molecule has 3 aromatic carbocycles. The van der Waals surface area contributed by atoms with Gasteiger partial charge in [0.15, 0.2) is 0 Å². The average molecular weight is 494 g/mol. The van der Waals surface area contributed by atoms with Gasteiger partial charge in [-0.05, 0) is 34.7 Å². The summed E-state index contributed by atoms with van der Waals surface area (Å²) in [6.45, 7) is 1.85. The van der Waals surface area contributed by atoms with Gasteiger partial charge in [0.05, 0.1) is 5.56 Å². The van der Waals surface area contributed by atoms with E-state index in [1.807, 2.05) is 48.5 Å². The molecular weight excluding hydrogens is 464 g/mol. The molecular formula is C27H29N2O5S+. The minimum atomic E-state index is -3.99. The molecule has 182 valence electrons. The van der Waals surface area contributed by atoms with Gasteiger partial charge >= 0.3 is 11.3 Å². The summed E-state index contributed by atoms with van der Waals surface area (Å²) in [7, 11) is -3.99. The van der Waals surface area contributed by atoms with Crippen molar-refractivity contribution in [1.29, 1.82) is 0 Å². The summed E-state index contributed by atoms with van der Waals surface area (Å²) >= 11 is 0. The number of amides is 2. The summed E-state index contributed by atoms with van der Waals surface area (Å²) in [5.74, 6) is -2.10. The lowest BCUT2D eigenvalue weighted by Gasteiger charge is -2.32. The molecule has 1 unspecified atom stereocenters. The quantitative estimate of drug-likeness (QED) is 0.483. The largest absolute Gasteiger partial charge is 0.380 e. The zero-order valence-corrected chi connectivity index (χ0v) is 20.4. The number of carbonyl (C=O) groups excluding carboxylic acids is 2. The number of rotatable bonds is 8. The number of hydrogen-bond donors (Lipinski definition) is 1. The van der Waals surface area contributed by atoms with Crippen LogP contribution < -0.4 is 5.73 Å². The van der Waals surface area contributed by atoms with E-state index in [0.717, 1.165) is 24.0 Å². The van der Waals surface area contributed by atoms with E-state index in [4.69, 9.17) is 10.6 Å². The summed E-state index contributed by atoms with van der Waals surface area (Å²) in [6.07, 6.45) is 1.97. The molecule has 1 saturated heterocycles. The molecule has 8 heteroatoms. The van der Waals surface area contributed by atoms with Crippen molar-refractivity contribution in [2.75, 3.05) is 12.3 Å². The van der Waals surface area contributed by atoms with E-state index in [1.54, 1.807) is 30.3 Å². The zero-order valence-electron chi connectivity index (χ0n) is 19.6. The number of primary amides is 1. The number of nitrogens with zero attached hydrogens (tertiary/aromatic N) is 1. The van der Waals surface area contributed by atoms with Crippen molar-refractivity contribution in [3.05, 3.63) is 95.6 Å². The molecule has 0 saturated carbocycles. The van der Waals surface area contributed by atoms with Gasteiger partial charge in [-0.15, -0.1) is 0 Å². The summed E-state index contributed by atoms with van der Waals surface area (Å²) in [4.78, 5) is 32.6. The van der Waals surface area contributed by atoms with Crippen LogP contribution in [0.25, 0.3) is 11.1 Å². The maximum atomic E-state index is 14.1. The minimum Gasteiger partial charge on any atom is -0.363 e. The van der Waals surface area contributed by atoms with Crippen LogP contribution in [0.15, 0.2) is 78.9 Å². The van der Waals surface area contributed by atoms with Crippen LogP contribution >= 0.6 is 0 Å². The van der Waals surface area contributed by atoms with Crippen LogP contribution in [0.5, 0.6) is 0 Å². The van der Waals surface area contributed by atoms with E-state index in [1.165, 1.54) is 5.56 Å². The van der Waals surface area contributed by atoms with Crippen LogP contribution in [-0.2, 0) is 32.5 Å². The average Bonchev–Trinajstić information content (AvgIpc) is 3.15. The van der Waals surface area contributed by atoms with E-state index in [9.17, 15) is 18.0 Å². The van der Waals surface area contributed by atoms with Crippen LogP contribution in [0, 0.1) is 0 Å². The van der Waals surface area contributed by atoms with E-state index < -0.39 is 31.7 Å². The highest BCUT2D eigenvalue weighted by Crippen LogP contribution is 2.35. The number of sulfone groups is 1. The lowest BCUT2D eigenvalue weighted by molar-refractivity contribution is -1.04. The molecule has 35 heavy (non-hydrogen) atoms. The Balaban J connectivity index is 1.79. The van der Waals surface area contributed by atoms with Gasteiger partial charge in [-0.25, -0.2) is 13.2 Å². The number of hydrogen-bond acceptors (Lipinski definition) is 5. The lowest BCUT2D eigenvalue weighted by Crippen LogP contribution is -2.61. The molecule has 2 amide bonds. The normalized spacial score (nSPS) is 21.0. The zero-order chi connectivity index (χ0) is 25.1. The van der Waals surface area contributed by atoms with E-state index >= 15 is 0 Å². The van der Waals surface area contributed by atoms with Gasteiger partial charge in [-0.2, -0.15) is 4.84 Å². The van der Waals surface area contributed by atoms with Gasteiger partial charge in [-0.3, -0.25) is 4.79 Å². The molecule has 0 spiro atoms. The molecule has 2 atom stereocenters. The molecule has 0 radical (unpaired) electrons. The number of carbonyl (C=O) groups is 2. The van der Waals surface area contributed by atoms with Gasteiger partial charge in [0.25, 0.3) is 5.91 Å². The molecule has 2 N–H and O–H groups in total. The fraction of sp³-hybridized carbons (Fsp3) is 0.259. The van der Waals surface area contributed by atoms with Crippen molar-refractivity contribution >= 4 is 21.7 Å². The molecule has 3 aromatic rings. The van der Waals surface area contributed by atoms with Crippen LogP contribution in [0.3, 0.4) is 0 Å². The Bertz CT molecular complexity index is 1320. The first kappa shape index (κ1) is 24.8. The van der Waals surface area contributed by atoms with Crippen molar-refractivity contribution in [3.8, 4) is 11.1 Å². The Morgan fingerprint density at radius 2 is 1.60 bits per heavy atom. The Kier molecular flexibility index (Phi) is 7.16. The summed E-state index contributed by atoms with van der Waals surface area (Å²) < 4.78 is 24.7. The second-order valence-electron chi connectivity index (χ2n) is 8.70. The first-order valence-corrected chi connectivity index (χ1v) is 13.3. The molecule has 1 aliphatic heterocycles. The molecule has 1 aliphatic rings. The number of benzene rings is 3. The van der Waals surface area contributed by atoms with Gasteiger partial charge in [0.1, 0.15) is 18.9 Å². The third-order valence-corrected chi connectivity index (χ3v) is 8.28. The van der Waals surface area contributed by atoms with Crippen molar-refractivity contribution < 1.29 is 27.5 Å². The van der Waals surface area contributed by atoms with Gasteiger partial charge in [-0.1, -0.05) is 90.8 Å². The van der Waals surface area contributed by atoms with Crippen LogP contribution in [0.1, 0.15) is 34.8 Å². The third kappa shape index (κ3) is 4.91. The maximum Gasteiger partial charge on any atom is 0.380 e. The summed E-state index contributed by atoms with van der Waals surface area (Å²) in [5, 5.41) is -1.82. The Morgan fingerprint density at radius 1 is 0.943 bits per heavy atom. The first-order chi connectivity index (χ1) is 16.8. The third-order valence-electron chi connectivity index (χ3n) is 6.28. The van der Waals surface area contributed by atoms with E-state index in [2.05, 4.69) is 6.92 Å². The van der Waals surface area contributed by atoms with E-state index in [0.29, 0.717) is 5.56 Å². The Hall–Kier alpha value is -3.33. The topological polar surface area (TPSA) is 104 Å². The second kappa shape index (κ2) is 10.1. The van der Waals surface area contributed by atoms with Crippen LogP contribution in [-0.4, -0.2) is 42.5 Å². The predicted molar refractivity (Wildman–Crippen MR) is 133 cm³/mol. The number of hydroxylamine groups is 3. The second-order valence-corrected chi connectivity index (χ2v) is 10.9. The predicted octanol–water partition coefficient (Wildman–Crippen LogP) is 3.63. The fourth-order valence-corrected chi connectivity index (χ4v) is 6.45. The van der Waals surface area contributed by atoms with Crippen molar-refractivity contribution in [2.45, 2.75) is 31.7 Å². The Morgan fingerprint density at radius 3 is 2.26 bits per heavy atom. The highest BCUT2D eigenvalue weighted by Gasteiger charge is 2.63. The van der Waals surface area contributed by atoms with E-state index in [-0.39, 0.29) is 24.5 Å². The van der Waals surface area contributed by atoms with Gasteiger partial charge in [0, 0.05) is 0 Å². The highest BCUT2D eigenvalue weighted by atomic mass is 32.2. The lowest BCUT2D eigenvalue weighted by atomic mass is 9.97. The first-order valence-electron chi connectivity index (χ1n) is 11.6. The van der Waals surface area contributed by atoms with Crippen molar-refractivity contribution in [1.82, 2.24) is 0 Å².